The van der Waals surface area contributed by atoms with Crippen molar-refractivity contribution in [2.24, 2.45) is 4.99 Å². The largest absolute Gasteiger partial charge is 0.418 e. The molecule has 2 aromatic carbocycles. The molecule has 2 fully saturated rings. The van der Waals surface area contributed by atoms with Crippen LogP contribution in [-0.2, 0) is 27.2 Å². The number of alkyl halides is 3. The van der Waals surface area contributed by atoms with Crippen molar-refractivity contribution in [2.75, 3.05) is 16.4 Å². The Morgan fingerprint density at radius 3 is 2.45 bits per heavy atom. The summed E-state index contributed by atoms with van der Waals surface area (Å²) in [6.07, 6.45) is -4.06. The van der Waals surface area contributed by atoms with Gasteiger partial charge in [0.2, 0.25) is 5.91 Å². The highest BCUT2D eigenvalue weighted by Crippen LogP contribution is 2.45. The maximum atomic E-state index is 13.6. The van der Waals surface area contributed by atoms with Gasteiger partial charge in [0.1, 0.15) is 0 Å². The molecule has 0 aliphatic carbocycles. The van der Waals surface area contributed by atoms with Gasteiger partial charge < -0.3 is 4.90 Å². The number of hydrogen-bond donors (Lipinski definition) is 0. The van der Waals surface area contributed by atoms with E-state index in [4.69, 9.17) is 0 Å². The summed E-state index contributed by atoms with van der Waals surface area (Å²) >= 11 is 1.06. The summed E-state index contributed by atoms with van der Waals surface area (Å²) in [5.41, 5.74) is -0.107. The van der Waals surface area contributed by atoms with E-state index >= 15 is 0 Å². The number of amides is 1. The molecule has 0 aromatic heterocycles. The Labute approximate surface area is 182 Å². The Morgan fingerprint density at radius 2 is 1.74 bits per heavy atom. The first-order valence-electron chi connectivity index (χ1n) is 9.62. The number of thioether (sulfide) groups is 1. The quantitative estimate of drug-likeness (QED) is 0.680. The third-order valence-electron chi connectivity index (χ3n) is 5.23. The van der Waals surface area contributed by atoms with Crippen molar-refractivity contribution in [1.82, 2.24) is 0 Å². The second-order valence-corrected chi connectivity index (χ2v) is 10.8. The fraction of sp³-hybridized carbons (Fsp3) is 0.333. The number of fused-ring (bicyclic) bond motifs is 1. The van der Waals surface area contributed by atoms with E-state index in [1.807, 2.05) is 30.3 Å². The minimum Gasteiger partial charge on any atom is -0.315 e. The van der Waals surface area contributed by atoms with Crippen LogP contribution in [-0.4, -0.2) is 42.3 Å². The standard InChI is InChI=1S/C21H19F3N2O3S2/c22-21(23,24)15-8-4-5-9-16(15)26-17-12-31(28,29)13-18(17)30-20(26)25-19(27)11-10-14-6-2-1-3-7-14/h1-9,17-18H,10-13H2/t17-,18+/m0/s1. The molecule has 4 rings (SSSR count). The van der Waals surface area contributed by atoms with Gasteiger partial charge in [0.25, 0.3) is 0 Å². The summed E-state index contributed by atoms with van der Waals surface area (Å²) in [4.78, 5) is 17.9. The number of aryl methyl sites for hydroxylation is 1. The van der Waals surface area contributed by atoms with E-state index in [9.17, 15) is 26.4 Å². The average Bonchev–Trinajstić information content (AvgIpc) is 3.17. The maximum Gasteiger partial charge on any atom is 0.418 e. The zero-order valence-electron chi connectivity index (χ0n) is 16.2. The third kappa shape index (κ3) is 4.79. The minimum atomic E-state index is -4.63. The van der Waals surface area contributed by atoms with Crippen LogP contribution in [0.15, 0.2) is 59.6 Å². The van der Waals surface area contributed by atoms with Crippen molar-refractivity contribution in [2.45, 2.75) is 30.3 Å². The maximum absolute atomic E-state index is 13.6. The van der Waals surface area contributed by atoms with Gasteiger partial charge in [0, 0.05) is 11.7 Å². The monoisotopic (exact) mass is 468 g/mol. The number of amidine groups is 1. The van der Waals surface area contributed by atoms with Gasteiger partial charge in [-0.15, -0.1) is 0 Å². The number of aliphatic imine (C=N–C) groups is 1. The normalized spacial score (nSPS) is 23.8. The highest BCUT2D eigenvalue weighted by molar-refractivity contribution is 8.16. The molecule has 0 unspecified atom stereocenters. The van der Waals surface area contributed by atoms with Crippen LogP contribution >= 0.6 is 11.8 Å². The molecule has 2 aromatic rings. The fourth-order valence-electron chi connectivity index (χ4n) is 3.83. The molecule has 0 bridgehead atoms. The molecular formula is C21H19F3N2O3S2. The van der Waals surface area contributed by atoms with Crippen LogP contribution in [0.5, 0.6) is 0 Å². The SMILES string of the molecule is O=C(CCc1ccccc1)N=C1S[C@@H]2CS(=O)(=O)C[C@@H]2N1c1ccccc1C(F)(F)F. The van der Waals surface area contributed by atoms with Crippen LogP contribution < -0.4 is 4.90 Å². The van der Waals surface area contributed by atoms with Crippen molar-refractivity contribution in [3.8, 4) is 0 Å². The van der Waals surface area contributed by atoms with Gasteiger partial charge in [-0.25, -0.2) is 8.42 Å². The van der Waals surface area contributed by atoms with Gasteiger partial charge in [-0.2, -0.15) is 18.2 Å². The number of rotatable bonds is 4. The number of carbonyl (C=O) groups is 1. The fourth-order valence-corrected chi connectivity index (χ4v) is 7.75. The molecule has 164 valence electrons. The third-order valence-corrected chi connectivity index (χ3v) is 8.44. The van der Waals surface area contributed by atoms with E-state index in [1.54, 1.807) is 0 Å². The molecule has 2 atom stereocenters. The Hall–Kier alpha value is -2.33. The lowest BCUT2D eigenvalue weighted by Crippen LogP contribution is -2.39. The lowest BCUT2D eigenvalue weighted by Gasteiger charge is -2.27. The Morgan fingerprint density at radius 1 is 1.06 bits per heavy atom. The molecule has 2 aliphatic heterocycles. The van der Waals surface area contributed by atoms with Gasteiger partial charge >= 0.3 is 6.18 Å². The van der Waals surface area contributed by atoms with E-state index in [0.717, 1.165) is 23.4 Å². The summed E-state index contributed by atoms with van der Waals surface area (Å²) < 4.78 is 65.2. The summed E-state index contributed by atoms with van der Waals surface area (Å²) in [7, 11) is -3.38. The van der Waals surface area contributed by atoms with Crippen LogP contribution in [0.3, 0.4) is 0 Å². The van der Waals surface area contributed by atoms with E-state index in [0.29, 0.717) is 6.42 Å². The molecule has 0 N–H and O–H groups in total. The van der Waals surface area contributed by atoms with Gasteiger partial charge in [-0.1, -0.05) is 54.2 Å². The first-order chi connectivity index (χ1) is 14.6. The van der Waals surface area contributed by atoms with Crippen molar-refractivity contribution < 1.29 is 26.4 Å². The number of para-hydroxylation sites is 1. The molecule has 2 aliphatic rings. The van der Waals surface area contributed by atoms with Crippen LogP contribution in [0.4, 0.5) is 18.9 Å². The molecule has 1 amide bonds. The minimum absolute atomic E-state index is 0.108. The zero-order chi connectivity index (χ0) is 22.2. The number of benzene rings is 2. The second-order valence-electron chi connectivity index (χ2n) is 7.46. The molecule has 0 saturated carbocycles. The van der Waals surface area contributed by atoms with Gasteiger partial charge in [0.05, 0.1) is 28.8 Å². The Balaban J connectivity index is 1.66. The molecule has 5 nitrogen and oxygen atoms in total. The first-order valence-corrected chi connectivity index (χ1v) is 12.3. The first kappa shape index (κ1) is 21.9. The molecule has 31 heavy (non-hydrogen) atoms. The summed E-state index contributed by atoms with van der Waals surface area (Å²) in [6, 6.07) is 13.6. The summed E-state index contributed by atoms with van der Waals surface area (Å²) in [5.74, 6) is -0.873. The number of carbonyl (C=O) groups excluding carboxylic acids is 1. The summed E-state index contributed by atoms with van der Waals surface area (Å²) in [5, 5.41) is -0.341. The second kappa shape index (κ2) is 8.31. The number of hydrogen-bond acceptors (Lipinski definition) is 4. The number of halogens is 3. The molecule has 0 spiro atoms. The molecule has 2 heterocycles. The van der Waals surface area contributed by atoms with Crippen molar-refractivity contribution in [3.05, 3.63) is 65.7 Å². The van der Waals surface area contributed by atoms with E-state index in [2.05, 4.69) is 4.99 Å². The topological polar surface area (TPSA) is 66.8 Å². The lowest BCUT2D eigenvalue weighted by molar-refractivity contribution is -0.137. The number of nitrogens with zero attached hydrogens (tertiary/aromatic N) is 2. The predicted molar refractivity (Wildman–Crippen MR) is 115 cm³/mol. The highest BCUT2D eigenvalue weighted by Gasteiger charge is 2.51. The molecule has 0 radical (unpaired) electrons. The molecule has 10 heteroatoms. The predicted octanol–water partition coefficient (Wildman–Crippen LogP) is 3.94. The van der Waals surface area contributed by atoms with Gasteiger partial charge in [-0.05, 0) is 24.1 Å². The Kier molecular flexibility index (Phi) is 5.87. The number of sulfone groups is 1. The zero-order valence-corrected chi connectivity index (χ0v) is 17.9. The van der Waals surface area contributed by atoms with Crippen LogP contribution in [0.25, 0.3) is 0 Å². The van der Waals surface area contributed by atoms with Crippen LogP contribution in [0.1, 0.15) is 17.5 Å². The molecular weight excluding hydrogens is 449 g/mol. The molecule has 2 saturated heterocycles. The van der Waals surface area contributed by atoms with Gasteiger partial charge in [-0.3, -0.25) is 4.79 Å². The highest BCUT2D eigenvalue weighted by atomic mass is 32.2. The van der Waals surface area contributed by atoms with Gasteiger partial charge in [0.15, 0.2) is 15.0 Å². The van der Waals surface area contributed by atoms with Crippen LogP contribution in [0.2, 0.25) is 0 Å². The van der Waals surface area contributed by atoms with Crippen molar-refractivity contribution in [3.63, 3.8) is 0 Å². The summed E-state index contributed by atoms with van der Waals surface area (Å²) in [6.45, 7) is 0. The van der Waals surface area contributed by atoms with Crippen LogP contribution in [0, 0.1) is 0 Å². The average molecular weight is 469 g/mol. The Bertz CT molecular complexity index is 1120. The van der Waals surface area contributed by atoms with E-state index in [-0.39, 0.29) is 28.8 Å². The lowest BCUT2D eigenvalue weighted by atomic mass is 10.1. The van der Waals surface area contributed by atoms with Crippen molar-refractivity contribution >= 4 is 38.4 Å². The van der Waals surface area contributed by atoms with E-state index < -0.39 is 38.8 Å². The smallest absolute Gasteiger partial charge is 0.315 e. The van der Waals surface area contributed by atoms with Crippen molar-refractivity contribution in [1.29, 1.82) is 0 Å². The number of anilines is 1. The van der Waals surface area contributed by atoms with E-state index in [1.165, 1.54) is 23.1 Å².